The van der Waals surface area contributed by atoms with Crippen LogP contribution in [0.3, 0.4) is 0 Å². The summed E-state index contributed by atoms with van der Waals surface area (Å²) in [5.74, 6) is -1.02. The first-order chi connectivity index (χ1) is 6.72. The molecule has 1 rings (SSSR count). The van der Waals surface area contributed by atoms with Crippen LogP contribution in [-0.2, 0) is 15.6 Å². The normalized spacial score (nSPS) is 12.8. The van der Waals surface area contributed by atoms with E-state index in [2.05, 4.69) is 15.9 Å². The summed E-state index contributed by atoms with van der Waals surface area (Å²) in [7, 11) is -5.08. The predicted octanol–water partition coefficient (Wildman–Crippen LogP) is 2.88. The van der Waals surface area contributed by atoms with Gasteiger partial charge in [0.2, 0.25) is 0 Å². The molecule has 0 aliphatic heterocycles. The van der Waals surface area contributed by atoms with E-state index in [1.807, 2.05) is 0 Å². The molecular weight excluding hydrogens is 297 g/mol. The number of benzene rings is 1. The highest BCUT2D eigenvalue weighted by atomic mass is 79.9. The first-order valence-corrected chi connectivity index (χ1v) is 6.20. The van der Waals surface area contributed by atoms with Crippen molar-refractivity contribution in [3.8, 4) is 0 Å². The van der Waals surface area contributed by atoms with Crippen LogP contribution < -0.4 is 0 Å². The highest BCUT2D eigenvalue weighted by molar-refractivity contribution is 9.10. The lowest BCUT2D eigenvalue weighted by atomic mass is 10.2. The van der Waals surface area contributed by atoms with Crippen LogP contribution in [0.2, 0.25) is 0 Å². The smallest absolute Gasteiger partial charge is 0.219 e. The molecule has 0 radical (unpaired) electrons. The largest absolute Gasteiger partial charge is 0.497 e. The van der Waals surface area contributed by atoms with Gasteiger partial charge in [0.1, 0.15) is 0 Å². The molecule has 0 amide bonds. The van der Waals surface area contributed by atoms with Gasteiger partial charge in [0, 0.05) is 4.47 Å². The molecule has 84 valence electrons. The van der Waals surface area contributed by atoms with Crippen LogP contribution in [0.1, 0.15) is 5.56 Å². The number of rotatable bonds is 2. The fraction of sp³-hybridized carbons (Fsp3) is 0.250. The van der Waals surface area contributed by atoms with Gasteiger partial charge in [0.05, 0.1) is 5.75 Å². The molecule has 0 spiro atoms. The lowest BCUT2D eigenvalue weighted by Crippen LogP contribution is -2.24. The van der Waals surface area contributed by atoms with Gasteiger partial charge < -0.3 is 0 Å². The Hall–Kier alpha value is -0.560. The van der Waals surface area contributed by atoms with E-state index in [-0.39, 0.29) is 5.56 Å². The van der Waals surface area contributed by atoms with E-state index < -0.39 is 21.1 Å². The maximum absolute atomic E-state index is 12.0. The third kappa shape index (κ3) is 3.20. The SMILES string of the molecule is O=S(=O)(Cc1ccc(Br)cc1)C(F)(F)F. The third-order valence-corrected chi connectivity index (χ3v) is 3.57. The van der Waals surface area contributed by atoms with Crippen molar-refractivity contribution >= 4 is 25.8 Å². The van der Waals surface area contributed by atoms with Crippen molar-refractivity contribution in [2.45, 2.75) is 11.3 Å². The van der Waals surface area contributed by atoms with Crippen LogP contribution >= 0.6 is 15.9 Å². The molecule has 1 aromatic rings. The summed E-state index contributed by atoms with van der Waals surface area (Å²) >= 11 is 3.09. The molecule has 0 bridgehead atoms. The fourth-order valence-electron chi connectivity index (χ4n) is 0.882. The van der Waals surface area contributed by atoms with Gasteiger partial charge in [0.15, 0.2) is 0 Å². The minimum atomic E-state index is -5.19. The number of hydrogen-bond acceptors (Lipinski definition) is 2. The molecule has 1 aromatic carbocycles. The molecule has 0 N–H and O–H groups in total. The second-order valence-electron chi connectivity index (χ2n) is 2.83. The lowest BCUT2D eigenvalue weighted by molar-refractivity contribution is -0.0437. The topological polar surface area (TPSA) is 34.1 Å². The summed E-state index contributed by atoms with van der Waals surface area (Å²) in [6, 6.07) is 5.63. The van der Waals surface area contributed by atoms with Crippen LogP contribution in [0.5, 0.6) is 0 Å². The molecule has 0 heterocycles. The van der Waals surface area contributed by atoms with Gasteiger partial charge in [0.25, 0.3) is 9.84 Å². The number of halogens is 4. The monoisotopic (exact) mass is 302 g/mol. The Morgan fingerprint density at radius 3 is 2.00 bits per heavy atom. The fourth-order valence-corrected chi connectivity index (χ4v) is 1.94. The molecule has 0 fully saturated rings. The van der Waals surface area contributed by atoms with Crippen molar-refractivity contribution < 1.29 is 21.6 Å². The number of alkyl halides is 3. The quantitative estimate of drug-likeness (QED) is 0.842. The van der Waals surface area contributed by atoms with Crippen molar-refractivity contribution in [2.75, 3.05) is 0 Å². The molecule has 0 aliphatic rings. The van der Waals surface area contributed by atoms with Crippen molar-refractivity contribution in [1.82, 2.24) is 0 Å². The van der Waals surface area contributed by atoms with Gasteiger partial charge in [-0.2, -0.15) is 13.2 Å². The lowest BCUT2D eigenvalue weighted by Gasteiger charge is -2.07. The standard InChI is InChI=1S/C8H6BrF3O2S/c9-7-3-1-6(2-4-7)5-15(13,14)8(10,11)12/h1-4H,5H2. The maximum Gasteiger partial charge on any atom is 0.497 e. The molecule has 7 heteroatoms. The van der Waals surface area contributed by atoms with E-state index >= 15 is 0 Å². The average molecular weight is 303 g/mol. The summed E-state index contributed by atoms with van der Waals surface area (Å²) < 4.78 is 58.2. The Kier molecular flexibility index (Phi) is 3.44. The van der Waals surface area contributed by atoms with E-state index in [1.54, 1.807) is 0 Å². The summed E-state index contributed by atoms with van der Waals surface area (Å²) in [4.78, 5) is 0. The highest BCUT2D eigenvalue weighted by Gasteiger charge is 2.45. The zero-order valence-corrected chi connectivity index (χ0v) is 9.66. The molecule has 0 saturated heterocycles. The molecule has 0 atom stereocenters. The van der Waals surface area contributed by atoms with Crippen LogP contribution in [0.4, 0.5) is 13.2 Å². The number of sulfone groups is 1. The molecule has 0 unspecified atom stereocenters. The van der Waals surface area contributed by atoms with Gasteiger partial charge in [-0.05, 0) is 17.7 Å². The number of hydrogen-bond donors (Lipinski definition) is 0. The summed E-state index contributed by atoms with van der Waals surface area (Å²) in [6.45, 7) is 0. The Morgan fingerprint density at radius 1 is 1.13 bits per heavy atom. The van der Waals surface area contributed by atoms with E-state index in [4.69, 9.17) is 0 Å². The molecule has 0 saturated carbocycles. The zero-order chi connectivity index (χ0) is 11.7. The van der Waals surface area contributed by atoms with Crippen LogP contribution in [0, 0.1) is 0 Å². The van der Waals surface area contributed by atoms with Gasteiger partial charge in [-0.15, -0.1) is 0 Å². The van der Waals surface area contributed by atoms with Crippen molar-refractivity contribution in [3.63, 3.8) is 0 Å². The van der Waals surface area contributed by atoms with Crippen molar-refractivity contribution in [1.29, 1.82) is 0 Å². The van der Waals surface area contributed by atoms with E-state index in [1.165, 1.54) is 24.3 Å². The summed E-state index contributed by atoms with van der Waals surface area (Å²) in [6.07, 6.45) is 0. The van der Waals surface area contributed by atoms with Crippen LogP contribution in [-0.4, -0.2) is 13.9 Å². The van der Waals surface area contributed by atoms with Crippen molar-refractivity contribution in [2.24, 2.45) is 0 Å². The van der Waals surface area contributed by atoms with Gasteiger partial charge in [-0.3, -0.25) is 0 Å². The Morgan fingerprint density at radius 2 is 1.60 bits per heavy atom. The predicted molar refractivity (Wildman–Crippen MR) is 52.8 cm³/mol. The first kappa shape index (κ1) is 12.5. The first-order valence-electron chi connectivity index (χ1n) is 3.76. The van der Waals surface area contributed by atoms with Gasteiger partial charge in [-0.25, -0.2) is 8.42 Å². The van der Waals surface area contributed by atoms with Gasteiger partial charge >= 0.3 is 5.51 Å². The highest BCUT2D eigenvalue weighted by Crippen LogP contribution is 2.27. The minimum Gasteiger partial charge on any atom is -0.219 e. The van der Waals surface area contributed by atoms with Crippen molar-refractivity contribution in [3.05, 3.63) is 34.3 Å². The van der Waals surface area contributed by atoms with E-state index in [0.717, 1.165) is 0 Å². The summed E-state index contributed by atoms with van der Waals surface area (Å²) in [5, 5.41) is 0. The van der Waals surface area contributed by atoms with Crippen LogP contribution in [0.25, 0.3) is 0 Å². The Labute approximate surface area is 93.2 Å². The minimum absolute atomic E-state index is 0.107. The molecular formula is C8H6BrF3O2S. The molecule has 0 aromatic heterocycles. The Bertz CT molecular complexity index is 436. The van der Waals surface area contributed by atoms with Crippen LogP contribution in [0.15, 0.2) is 28.7 Å². The van der Waals surface area contributed by atoms with Gasteiger partial charge in [-0.1, -0.05) is 28.1 Å². The van der Waals surface area contributed by atoms with E-state index in [0.29, 0.717) is 4.47 Å². The summed E-state index contributed by atoms with van der Waals surface area (Å²) in [5.41, 5.74) is -5.09. The average Bonchev–Trinajstić information content (AvgIpc) is 2.06. The maximum atomic E-state index is 12.0. The Balaban J connectivity index is 2.93. The molecule has 0 aliphatic carbocycles. The second kappa shape index (κ2) is 4.13. The molecule has 2 nitrogen and oxygen atoms in total. The zero-order valence-electron chi connectivity index (χ0n) is 7.25. The van der Waals surface area contributed by atoms with E-state index in [9.17, 15) is 21.6 Å². The molecule has 15 heavy (non-hydrogen) atoms. The second-order valence-corrected chi connectivity index (χ2v) is 5.73. The third-order valence-electron chi connectivity index (χ3n) is 1.62.